The van der Waals surface area contributed by atoms with Gasteiger partial charge in [0.05, 0.1) is 11.3 Å². The smallest absolute Gasteiger partial charge is 0.337 e. The molecule has 1 aromatic rings. The van der Waals surface area contributed by atoms with Crippen molar-refractivity contribution in [1.29, 1.82) is 0 Å². The molecule has 1 fully saturated rings. The normalized spacial score (nSPS) is 16.2. The lowest BCUT2D eigenvalue weighted by atomic mass is 10.1. The van der Waals surface area contributed by atoms with E-state index in [1.165, 1.54) is 25.7 Å². The maximum absolute atomic E-state index is 10.9. The zero-order valence-corrected chi connectivity index (χ0v) is 10.5. The first-order chi connectivity index (χ1) is 8.18. The van der Waals surface area contributed by atoms with Crippen LogP contribution in [0.1, 0.15) is 36.0 Å². The van der Waals surface area contributed by atoms with Crippen LogP contribution < -0.4 is 5.73 Å². The van der Waals surface area contributed by atoms with E-state index in [-0.39, 0.29) is 5.56 Å². The summed E-state index contributed by atoms with van der Waals surface area (Å²) < 4.78 is 0. The van der Waals surface area contributed by atoms with Crippen LogP contribution in [0.2, 0.25) is 0 Å². The molecule has 4 heteroatoms. The van der Waals surface area contributed by atoms with Gasteiger partial charge in [0.1, 0.15) is 0 Å². The Morgan fingerprint density at radius 1 is 1.41 bits per heavy atom. The Balaban J connectivity index is 2.04. The van der Waals surface area contributed by atoms with E-state index in [4.69, 9.17) is 10.8 Å². The number of rotatable bonds is 4. The standard InChI is InChI=1S/C13H17NO2S/c14-12-10(13(15)16)6-3-7-11(12)17-8-9-4-1-2-5-9/h3,6-7,9H,1-2,4-5,8,14H2,(H,15,16). The van der Waals surface area contributed by atoms with Gasteiger partial charge in [-0.25, -0.2) is 4.79 Å². The van der Waals surface area contributed by atoms with Gasteiger partial charge in [0.25, 0.3) is 0 Å². The second kappa shape index (κ2) is 5.45. The van der Waals surface area contributed by atoms with Crippen LogP contribution in [0.4, 0.5) is 5.69 Å². The van der Waals surface area contributed by atoms with Crippen molar-refractivity contribution in [2.75, 3.05) is 11.5 Å². The highest BCUT2D eigenvalue weighted by atomic mass is 32.2. The molecule has 0 aliphatic heterocycles. The fourth-order valence-electron chi connectivity index (χ4n) is 2.24. The maximum atomic E-state index is 10.9. The zero-order valence-electron chi connectivity index (χ0n) is 9.69. The molecule has 1 aromatic carbocycles. The van der Waals surface area contributed by atoms with Crippen LogP contribution in [0.3, 0.4) is 0 Å². The van der Waals surface area contributed by atoms with Crippen LogP contribution in [-0.2, 0) is 0 Å². The Bertz CT molecular complexity index is 414. The van der Waals surface area contributed by atoms with Gasteiger partial charge in [-0.15, -0.1) is 11.8 Å². The van der Waals surface area contributed by atoms with E-state index < -0.39 is 5.97 Å². The molecule has 1 aliphatic rings. The van der Waals surface area contributed by atoms with Crippen molar-refractivity contribution < 1.29 is 9.90 Å². The lowest BCUT2D eigenvalue weighted by Gasteiger charge is -2.11. The highest BCUT2D eigenvalue weighted by Gasteiger charge is 2.17. The summed E-state index contributed by atoms with van der Waals surface area (Å²) in [7, 11) is 0. The van der Waals surface area contributed by atoms with E-state index in [0.717, 1.165) is 16.6 Å². The Labute approximate surface area is 105 Å². The van der Waals surface area contributed by atoms with E-state index in [2.05, 4.69) is 0 Å². The second-order valence-electron chi connectivity index (χ2n) is 4.48. The van der Waals surface area contributed by atoms with E-state index in [9.17, 15) is 4.79 Å². The quantitative estimate of drug-likeness (QED) is 0.637. The SMILES string of the molecule is Nc1c(SCC2CCCC2)cccc1C(=O)O. The Hall–Kier alpha value is -1.16. The van der Waals surface area contributed by atoms with Crippen LogP contribution in [0.25, 0.3) is 0 Å². The van der Waals surface area contributed by atoms with Gasteiger partial charge >= 0.3 is 5.97 Å². The Morgan fingerprint density at radius 2 is 2.12 bits per heavy atom. The fourth-order valence-corrected chi connectivity index (χ4v) is 3.43. The fraction of sp³-hybridized carbons (Fsp3) is 0.462. The molecule has 0 saturated heterocycles. The molecule has 1 saturated carbocycles. The first kappa shape index (κ1) is 12.3. The number of thioether (sulfide) groups is 1. The third kappa shape index (κ3) is 2.94. The number of nitrogens with two attached hydrogens (primary N) is 1. The molecule has 0 heterocycles. The summed E-state index contributed by atoms with van der Waals surface area (Å²) in [5.74, 6) is 0.867. The number of hydrogen-bond donors (Lipinski definition) is 2. The summed E-state index contributed by atoms with van der Waals surface area (Å²) in [4.78, 5) is 11.8. The summed E-state index contributed by atoms with van der Waals surface area (Å²) in [6.07, 6.45) is 5.25. The summed E-state index contributed by atoms with van der Waals surface area (Å²) in [6, 6.07) is 5.22. The molecular formula is C13H17NO2S. The van der Waals surface area contributed by atoms with Gasteiger partial charge in [-0.2, -0.15) is 0 Å². The predicted octanol–water partition coefficient (Wildman–Crippen LogP) is 3.25. The summed E-state index contributed by atoms with van der Waals surface area (Å²) >= 11 is 1.69. The van der Waals surface area contributed by atoms with Gasteiger partial charge in [0, 0.05) is 10.6 Å². The molecule has 0 spiro atoms. The zero-order chi connectivity index (χ0) is 12.3. The second-order valence-corrected chi connectivity index (χ2v) is 5.55. The highest BCUT2D eigenvalue weighted by Crippen LogP contribution is 2.34. The monoisotopic (exact) mass is 251 g/mol. The number of carboxylic acids is 1. The number of carbonyl (C=O) groups is 1. The van der Waals surface area contributed by atoms with Crippen LogP contribution in [-0.4, -0.2) is 16.8 Å². The van der Waals surface area contributed by atoms with Crippen molar-refractivity contribution in [3.8, 4) is 0 Å². The minimum absolute atomic E-state index is 0.210. The van der Waals surface area contributed by atoms with Crippen LogP contribution in [0.5, 0.6) is 0 Å². The third-order valence-electron chi connectivity index (χ3n) is 3.25. The average molecular weight is 251 g/mol. The molecule has 3 N–H and O–H groups in total. The maximum Gasteiger partial charge on any atom is 0.337 e. The highest BCUT2D eigenvalue weighted by molar-refractivity contribution is 7.99. The summed E-state index contributed by atoms with van der Waals surface area (Å²) in [5, 5.41) is 8.98. The van der Waals surface area contributed by atoms with E-state index >= 15 is 0 Å². The average Bonchev–Trinajstić information content (AvgIpc) is 2.80. The number of aromatic carboxylic acids is 1. The Morgan fingerprint density at radius 3 is 2.76 bits per heavy atom. The molecule has 0 atom stereocenters. The number of nitrogen functional groups attached to an aromatic ring is 1. The van der Waals surface area contributed by atoms with Gasteiger partial charge in [-0.3, -0.25) is 0 Å². The van der Waals surface area contributed by atoms with Crippen molar-refractivity contribution in [3.05, 3.63) is 23.8 Å². The van der Waals surface area contributed by atoms with Gasteiger partial charge in [-0.05, 0) is 30.9 Å². The topological polar surface area (TPSA) is 63.3 Å². The van der Waals surface area contributed by atoms with Crippen LogP contribution >= 0.6 is 11.8 Å². The summed E-state index contributed by atoms with van der Waals surface area (Å²) in [5.41, 5.74) is 6.48. The molecule has 0 radical (unpaired) electrons. The first-order valence-electron chi connectivity index (χ1n) is 5.93. The number of anilines is 1. The van der Waals surface area contributed by atoms with Crippen LogP contribution in [0, 0.1) is 5.92 Å². The van der Waals surface area contributed by atoms with Crippen molar-refractivity contribution in [3.63, 3.8) is 0 Å². The van der Waals surface area contributed by atoms with Crippen LogP contribution in [0.15, 0.2) is 23.1 Å². The molecule has 0 bridgehead atoms. The van der Waals surface area contributed by atoms with Gasteiger partial charge < -0.3 is 10.8 Å². The van der Waals surface area contributed by atoms with Gasteiger partial charge in [0.2, 0.25) is 0 Å². The van der Waals surface area contributed by atoms with Gasteiger partial charge in [0.15, 0.2) is 0 Å². The summed E-state index contributed by atoms with van der Waals surface area (Å²) in [6.45, 7) is 0. The number of hydrogen-bond acceptors (Lipinski definition) is 3. The predicted molar refractivity (Wildman–Crippen MR) is 70.5 cm³/mol. The molecule has 1 aliphatic carbocycles. The number of carboxylic acid groups (broad SMARTS) is 1. The minimum Gasteiger partial charge on any atom is -0.478 e. The van der Waals surface area contributed by atoms with E-state index in [0.29, 0.717) is 5.69 Å². The molecule has 2 rings (SSSR count). The first-order valence-corrected chi connectivity index (χ1v) is 6.91. The van der Waals surface area contributed by atoms with Crippen molar-refractivity contribution in [2.24, 2.45) is 5.92 Å². The molecule has 92 valence electrons. The minimum atomic E-state index is -0.953. The van der Waals surface area contributed by atoms with E-state index in [1.54, 1.807) is 23.9 Å². The number of benzene rings is 1. The Kier molecular flexibility index (Phi) is 3.94. The van der Waals surface area contributed by atoms with E-state index in [1.807, 2.05) is 6.07 Å². The number of para-hydroxylation sites is 1. The van der Waals surface area contributed by atoms with Gasteiger partial charge in [-0.1, -0.05) is 18.9 Å². The lowest BCUT2D eigenvalue weighted by Crippen LogP contribution is -2.04. The molecule has 17 heavy (non-hydrogen) atoms. The molecule has 0 amide bonds. The lowest BCUT2D eigenvalue weighted by molar-refractivity contribution is 0.0698. The molecule has 3 nitrogen and oxygen atoms in total. The van der Waals surface area contributed by atoms with Crippen molar-refractivity contribution in [2.45, 2.75) is 30.6 Å². The molecular weight excluding hydrogens is 234 g/mol. The van der Waals surface area contributed by atoms with Crippen molar-refractivity contribution in [1.82, 2.24) is 0 Å². The molecule has 0 aromatic heterocycles. The molecule has 0 unspecified atom stereocenters. The third-order valence-corrected chi connectivity index (χ3v) is 4.55. The largest absolute Gasteiger partial charge is 0.478 e. The van der Waals surface area contributed by atoms with Crippen molar-refractivity contribution >= 4 is 23.4 Å².